The Hall–Kier alpha value is -2.56. The highest BCUT2D eigenvalue weighted by atomic mass is 19.1. The average molecular weight is 315 g/mol. The van der Waals surface area contributed by atoms with Crippen molar-refractivity contribution in [2.45, 2.75) is 19.4 Å². The summed E-state index contributed by atoms with van der Waals surface area (Å²) in [6, 6.07) is 11.9. The van der Waals surface area contributed by atoms with Gasteiger partial charge in [0.2, 0.25) is 5.91 Å². The summed E-state index contributed by atoms with van der Waals surface area (Å²) in [4.78, 5) is 11.9. The molecule has 0 bridgehead atoms. The van der Waals surface area contributed by atoms with Crippen LogP contribution in [0.4, 0.5) is 4.39 Å². The Morgan fingerprint density at radius 2 is 1.70 bits per heavy atom. The second-order valence-corrected chi connectivity index (χ2v) is 5.38. The van der Waals surface area contributed by atoms with Crippen LogP contribution >= 0.6 is 0 Å². The van der Waals surface area contributed by atoms with Gasteiger partial charge >= 0.3 is 0 Å². The second-order valence-electron chi connectivity index (χ2n) is 5.38. The molecule has 1 N–H and O–H groups in total. The molecule has 0 aliphatic carbocycles. The Morgan fingerprint density at radius 3 is 2.48 bits per heavy atom. The third kappa shape index (κ3) is 4.22. The zero-order valence-electron chi connectivity index (χ0n) is 12.7. The third-order valence-electron chi connectivity index (χ3n) is 3.65. The summed E-state index contributed by atoms with van der Waals surface area (Å²) in [5.74, 6) is 1.15. The largest absolute Gasteiger partial charge is 0.486 e. The molecular weight excluding hydrogens is 297 g/mol. The van der Waals surface area contributed by atoms with Gasteiger partial charge in [-0.3, -0.25) is 4.79 Å². The molecule has 1 amide bonds. The molecule has 4 nitrogen and oxygen atoms in total. The molecule has 23 heavy (non-hydrogen) atoms. The smallest absolute Gasteiger partial charge is 0.220 e. The topological polar surface area (TPSA) is 47.6 Å². The van der Waals surface area contributed by atoms with Gasteiger partial charge < -0.3 is 14.8 Å². The maximum atomic E-state index is 12.8. The molecule has 0 saturated carbocycles. The van der Waals surface area contributed by atoms with E-state index in [-0.39, 0.29) is 11.7 Å². The summed E-state index contributed by atoms with van der Waals surface area (Å²) in [5, 5.41) is 2.88. The van der Waals surface area contributed by atoms with Crippen LogP contribution in [-0.2, 0) is 17.8 Å². The molecule has 0 saturated heterocycles. The first-order chi connectivity index (χ1) is 11.2. The van der Waals surface area contributed by atoms with Gasteiger partial charge in [0.05, 0.1) is 0 Å². The van der Waals surface area contributed by atoms with E-state index in [9.17, 15) is 9.18 Å². The summed E-state index contributed by atoms with van der Waals surface area (Å²) in [6.45, 7) is 1.55. The van der Waals surface area contributed by atoms with Crippen molar-refractivity contribution in [3.05, 3.63) is 59.4 Å². The minimum Gasteiger partial charge on any atom is -0.486 e. The van der Waals surface area contributed by atoms with E-state index in [0.29, 0.717) is 38.3 Å². The fraction of sp³-hybridized carbons (Fsp3) is 0.278. The van der Waals surface area contributed by atoms with E-state index in [1.54, 1.807) is 12.1 Å². The second kappa shape index (κ2) is 7.13. The van der Waals surface area contributed by atoms with Crippen LogP contribution in [0.1, 0.15) is 17.5 Å². The Labute approximate surface area is 134 Å². The van der Waals surface area contributed by atoms with E-state index >= 15 is 0 Å². The number of hydrogen-bond acceptors (Lipinski definition) is 3. The number of ether oxygens (including phenoxy) is 2. The van der Waals surface area contributed by atoms with Crippen molar-refractivity contribution in [3.63, 3.8) is 0 Å². The highest BCUT2D eigenvalue weighted by molar-refractivity contribution is 5.76. The van der Waals surface area contributed by atoms with Crippen molar-refractivity contribution in [2.75, 3.05) is 13.2 Å². The number of hydrogen-bond donors (Lipinski definition) is 1. The van der Waals surface area contributed by atoms with Crippen molar-refractivity contribution in [1.82, 2.24) is 5.32 Å². The van der Waals surface area contributed by atoms with Gasteiger partial charge in [-0.05, 0) is 41.8 Å². The molecule has 0 unspecified atom stereocenters. The van der Waals surface area contributed by atoms with Crippen molar-refractivity contribution in [1.29, 1.82) is 0 Å². The molecule has 0 spiro atoms. The van der Waals surface area contributed by atoms with E-state index in [2.05, 4.69) is 5.32 Å². The van der Waals surface area contributed by atoms with Crippen LogP contribution in [0.15, 0.2) is 42.5 Å². The fourth-order valence-corrected chi connectivity index (χ4v) is 2.40. The van der Waals surface area contributed by atoms with Crippen LogP contribution in [0.5, 0.6) is 11.5 Å². The summed E-state index contributed by atoms with van der Waals surface area (Å²) < 4.78 is 23.8. The molecule has 0 atom stereocenters. The Kier molecular flexibility index (Phi) is 4.76. The van der Waals surface area contributed by atoms with E-state index in [0.717, 1.165) is 16.9 Å². The molecule has 1 aliphatic rings. The van der Waals surface area contributed by atoms with Crippen LogP contribution in [0.2, 0.25) is 0 Å². The summed E-state index contributed by atoms with van der Waals surface area (Å²) >= 11 is 0. The average Bonchev–Trinajstić information content (AvgIpc) is 2.59. The molecule has 0 fully saturated rings. The lowest BCUT2D eigenvalue weighted by Gasteiger charge is -2.19. The van der Waals surface area contributed by atoms with Gasteiger partial charge in [0, 0.05) is 13.0 Å². The monoisotopic (exact) mass is 315 g/mol. The molecule has 1 aliphatic heterocycles. The van der Waals surface area contributed by atoms with Crippen LogP contribution in [0, 0.1) is 5.82 Å². The van der Waals surface area contributed by atoms with Crippen LogP contribution in [-0.4, -0.2) is 19.1 Å². The van der Waals surface area contributed by atoms with E-state index in [1.807, 2.05) is 18.2 Å². The molecule has 3 rings (SSSR count). The number of amides is 1. The van der Waals surface area contributed by atoms with Gasteiger partial charge in [-0.25, -0.2) is 4.39 Å². The summed E-state index contributed by atoms with van der Waals surface area (Å²) in [5.41, 5.74) is 1.91. The van der Waals surface area contributed by atoms with Gasteiger partial charge in [-0.1, -0.05) is 18.2 Å². The van der Waals surface area contributed by atoms with E-state index in [4.69, 9.17) is 9.47 Å². The lowest BCUT2D eigenvalue weighted by molar-refractivity contribution is -0.121. The number of benzene rings is 2. The van der Waals surface area contributed by atoms with Crippen molar-refractivity contribution >= 4 is 5.91 Å². The number of halogens is 1. The zero-order valence-corrected chi connectivity index (χ0v) is 12.7. The SMILES string of the molecule is O=C(CCc1ccc(F)cc1)NCc1ccc2c(c1)OCCO2. The van der Waals surface area contributed by atoms with Crippen LogP contribution in [0.3, 0.4) is 0 Å². The van der Waals surface area contributed by atoms with Gasteiger partial charge in [0.25, 0.3) is 0 Å². The summed E-state index contributed by atoms with van der Waals surface area (Å²) in [7, 11) is 0. The van der Waals surface area contributed by atoms with Crippen molar-refractivity contribution < 1.29 is 18.7 Å². The number of carbonyl (C=O) groups excluding carboxylic acids is 1. The molecule has 2 aromatic carbocycles. The Balaban J connectivity index is 1.48. The van der Waals surface area contributed by atoms with Crippen molar-refractivity contribution in [2.24, 2.45) is 0 Å². The normalized spacial score (nSPS) is 12.7. The maximum absolute atomic E-state index is 12.8. The van der Waals surface area contributed by atoms with Gasteiger partial charge in [0.1, 0.15) is 19.0 Å². The Morgan fingerprint density at radius 1 is 1.00 bits per heavy atom. The quantitative estimate of drug-likeness (QED) is 0.923. The fourth-order valence-electron chi connectivity index (χ4n) is 2.40. The number of carbonyl (C=O) groups is 1. The lowest BCUT2D eigenvalue weighted by Crippen LogP contribution is -2.23. The van der Waals surface area contributed by atoms with Gasteiger partial charge in [-0.15, -0.1) is 0 Å². The van der Waals surface area contributed by atoms with E-state index < -0.39 is 0 Å². The lowest BCUT2D eigenvalue weighted by atomic mass is 10.1. The predicted molar refractivity (Wildman–Crippen MR) is 84.0 cm³/mol. The van der Waals surface area contributed by atoms with Gasteiger partial charge in [-0.2, -0.15) is 0 Å². The van der Waals surface area contributed by atoms with Crippen LogP contribution < -0.4 is 14.8 Å². The molecular formula is C18H18FNO3. The predicted octanol–water partition coefficient (Wildman–Crippen LogP) is 2.85. The standard InChI is InChI=1S/C18H18FNO3/c19-15-5-1-13(2-6-15)4-8-18(21)20-12-14-3-7-16-17(11-14)23-10-9-22-16/h1-3,5-7,11H,4,8-10,12H2,(H,20,21). The number of nitrogens with one attached hydrogen (secondary N) is 1. The molecule has 5 heteroatoms. The maximum Gasteiger partial charge on any atom is 0.220 e. The van der Waals surface area contributed by atoms with Crippen molar-refractivity contribution in [3.8, 4) is 11.5 Å². The third-order valence-corrected chi connectivity index (χ3v) is 3.65. The minimum atomic E-state index is -0.267. The Bertz CT molecular complexity index is 685. The first-order valence-electron chi connectivity index (χ1n) is 7.60. The number of aryl methyl sites for hydroxylation is 1. The highest BCUT2D eigenvalue weighted by Crippen LogP contribution is 2.30. The van der Waals surface area contributed by atoms with Crippen LogP contribution in [0.25, 0.3) is 0 Å². The molecule has 120 valence electrons. The first kappa shape index (κ1) is 15.3. The number of rotatable bonds is 5. The zero-order chi connectivity index (χ0) is 16.1. The highest BCUT2D eigenvalue weighted by Gasteiger charge is 2.12. The summed E-state index contributed by atoms with van der Waals surface area (Å²) in [6.07, 6.45) is 0.962. The molecule has 0 radical (unpaired) electrons. The molecule has 0 aromatic heterocycles. The molecule has 1 heterocycles. The van der Waals surface area contributed by atoms with Gasteiger partial charge in [0.15, 0.2) is 11.5 Å². The molecule has 2 aromatic rings. The first-order valence-corrected chi connectivity index (χ1v) is 7.60. The number of fused-ring (bicyclic) bond motifs is 1. The minimum absolute atomic E-state index is 0.0378. The van der Waals surface area contributed by atoms with E-state index in [1.165, 1.54) is 12.1 Å².